The molecule has 0 aliphatic rings. The first-order valence-corrected chi connectivity index (χ1v) is 6.71. The van der Waals surface area contributed by atoms with Crippen molar-refractivity contribution in [3.8, 4) is 0 Å². The van der Waals surface area contributed by atoms with Gasteiger partial charge in [0.15, 0.2) is 6.61 Å². The van der Waals surface area contributed by atoms with Crippen LogP contribution in [0.1, 0.15) is 10.4 Å². The van der Waals surface area contributed by atoms with Crippen molar-refractivity contribution in [2.45, 2.75) is 0 Å². The Balaban J connectivity index is 1.65. The molecule has 0 radical (unpaired) electrons. The van der Waals surface area contributed by atoms with Gasteiger partial charge in [-0.05, 0) is 17.5 Å². The molecule has 0 fully saturated rings. The number of hydrogen-bond acceptors (Lipinski definition) is 4. The Labute approximate surface area is 126 Å². The molecule has 2 aromatic carbocycles. The first kappa shape index (κ1) is 13.9. The molecule has 0 bridgehead atoms. The highest BCUT2D eigenvalue weighted by Crippen LogP contribution is 2.22. The van der Waals surface area contributed by atoms with Crippen LogP contribution in [-0.4, -0.2) is 18.5 Å². The minimum atomic E-state index is -0.596. The number of benzene rings is 2. The van der Waals surface area contributed by atoms with Crippen LogP contribution in [0.5, 0.6) is 0 Å². The van der Waals surface area contributed by atoms with Crippen LogP contribution in [0.25, 0.3) is 10.8 Å². The molecular weight excluding hydrogens is 282 g/mol. The van der Waals surface area contributed by atoms with Crippen molar-refractivity contribution in [1.82, 2.24) is 0 Å². The van der Waals surface area contributed by atoms with Crippen molar-refractivity contribution < 1.29 is 18.7 Å². The van der Waals surface area contributed by atoms with E-state index in [2.05, 4.69) is 5.32 Å². The summed E-state index contributed by atoms with van der Waals surface area (Å²) < 4.78 is 9.71. The lowest BCUT2D eigenvalue weighted by Crippen LogP contribution is -2.20. The SMILES string of the molecule is O=C(COC(=O)c1ccoc1)Nc1cccc2ccccc12. The molecule has 0 unspecified atom stereocenters. The van der Waals surface area contributed by atoms with Crippen LogP contribution >= 0.6 is 0 Å². The Morgan fingerprint density at radius 2 is 1.86 bits per heavy atom. The second kappa shape index (κ2) is 6.13. The molecule has 0 aliphatic heterocycles. The molecular formula is C17H13NO4. The molecule has 3 aromatic rings. The minimum Gasteiger partial charge on any atom is -0.472 e. The first-order chi connectivity index (χ1) is 10.7. The fourth-order valence-corrected chi connectivity index (χ4v) is 2.12. The van der Waals surface area contributed by atoms with Gasteiger partial charge < -0.3 is 14.5 Å². The van der Waals surface area contributed by atoms with Gasteiger partial charge in [-0.3, -0.25) is 4.79 Å². The number of fused-ring (bicyclic) bond motifs is 1. The maximum absolute atomic E-state index is 11.9. The minimum absolute atomic E-state index is 0.276. The smallest absolute Gasteiger partial charge is 0.341 e. The molecule has 0 atom stereocenters. The van der Waals surface area contributed by atoms with Gasteiger partial charge in [0.05, 0.1) is 11.8 Å². The third kappa shape index (κ3) is 2.98. The zero-order valence-corrected chi connectivity index (χ0v) is 11.6. The number of carbonyl (C=O) groups is 2. The number of hydrogen-bond donors (Lipinski definition) is 1. The Kier molecular flexibility index (Phi) is 3.87. The van der Waals surface area contributed by atoms with Crippen molar-refractivity contribution in [2.75, 3.05) is 11.9 Å². The molecule has 3 rings (SSSR count). The van der Waals surface area contributed by atoms with Crippen LogP contribution in [0.15, 0.2) is 65.5 Å². The van der Waals surface area contributed by atoms with Gasteiger partial charge in [0.2, 0.25) is 0 Å². The Bertz CT molecular complexity index is 803. The standard InChI is InChI=1S/C17H13NO4/c19-16(11-22-17(20)13-8-9-21-10-13)18-15-7-3-5-12-4-1-2-6-14(12)15/h1-10H,11H2,(H,18,19). The lowest BCUT2D eigenvalue weighted by Gasteiger charge is -2.09. The monoisotopic (exact) mass is 295 g/mol. The van der Waals surface area contributed by atoms with Crippen LogP contribution in [0, 0.1) is 0 Å². The van der Waals surface area contributed by atoms with Gasteiger partial charge in [-0.15, -0.1) is 0 Å². The van der Waals surface area contributed by atoms with E-state index in [-0.39, 0.29) is 12.2 Å². The number of anilines is 1. The van der Waals surface area contributed by atoms with Crippen LogP contribution < -0.4 is 5.32 Å². The number of furan rings is 1. The fraction of sp³-hybridized carbons (Fsp3) is 0.0588. The number of carbonyl (C=O) groups excluding carboxylic acids is 2. The third-order valence-corrected chi connectivity index (χ3v) is 3.15. The van der Waals surface area contributed by atoms with Crippen molar-refractivity contribution in [3.63, 3.8) is 0 Å². The lowest BCUT2D eigenvalue weighted by molar-refractivity contribution is -0.119. The summed E-state index contributed by atoms with van der Waals surface area (Å²) in [6.07, 6.45) is 2.64. The molecule has 1 aromatic heterocycles. The maximum atomic E-state index is 11.9. The predicted octanol–water partition coefficient (Wildman–Crippen LogP) is 3.23. The molecule has 0 saturated carbocycles. The second-order valence-corrected chi connectivity index (χ2v) is 4.66. The summed E-state index contributed by atoms with van der Waals surface area (Å²) in [6.45, 7) is -0.354. The van der Waals surface area contributed by atoms with Crippen molar-refractivity contribution in [1.29, 1.82) is 0 Å². The summed E-state index contributed by atoms with van der Waals surface area (Å²) in [5.41, 5.74) is 0.959. The Morgan fingerprint density at radius 1 is 1.05 bits per heavy atom. The number of ether oxygens (including phenoxy) is 1. The van der Waals surface area contributed by atoms with Gasteiger partial charge in [-0.25, -0.2) is 4.79 Å². The summed E-state index contributed by atoms with van der Waals surface area (Å²) in [7, 11) is 0. The van der Waals surface area contributed by atoms with Gasteiger partial charge in [0, 0.05) is 11.1 Å². The van der Waals surface area contributed by atoms with Crippen molar-refractivity contribution in [2.24, 2.45) is 0 Å². The van der Waals surface area contributed by atoms with E-state index >= 15 is 0 Å². The molecule has 1 N–H and O–H groups in total. The van der Waals surface area contributed by atoms with Crippen LogP contribution in [0.3, 0.4) is 0 Å². The molecule has 5 nitrogen and oxygen atoms in total. The van der Waals surface area contributed by atoms with Gasteiger partial charge in [-0.2, -0.15) is 0 Å². The molecule has 22 heavy (non-hydrogen) atoms. The molecule has 110 valence electrons. The normalized spacial score (nSPS) is 10.4. The average molecular weight is 295 g/mol. The first-order valence-electron chi connectivity index (χ1n) is 6.71. The lowest BCUT2D eigenvalue weighted by atomic mass is 10.1. The molecule has 5 heteroatoms. The number of nitrogens with one attached hydrogen (secondary N) is 1. The quantitative estimate of drug-likeness (QED) is 0.750. The zero-order valence-electron chi connectivity index (χ0n) is 11.6. The van der Waals surface area contributed by atoms with E-state index in [1.807, 2.05) is 36.4 Å². The van der Waals surface area contributed by atoms with E-state index in [0.717, 1.165) is 10.8 Å². The Morgan fingerprint density at radius 3 is 2.68 bits per heavy atom. The molecule has 1 amide bonds. The van der Waals surface area contributed by atoms with Crippen molar-refractivity contribution in [3.05, 3.63) is 66.6 Å². The van der Waals surface area contributed by atoms with Crippen LogP contribution in [-0.2, 0) is 9.53 Å². The van der Waals surface area contributed by atoms with E-state index in [0.29, 0.717) is 5.69 Å². The van der Waals surface area contributed by atoms with E-state index in [1.54, 1.807) is 6.07 Å². The molecule has 1 heterocycles. The second-order valence-electron chi connectivity index (χ2n) is 4.66. The van der Waals surface area contributed by atoms with E-state index in [1.165, 1.54) is 18.6 Å². The highest BCUT2D eigenvalue weighted by Gasteiger charge is 2.12. The fourth-order valence-electron chi connectivity index (χ4n) is 2.12. The van der Waals surface area contributed by atoms with Crippen LogP contribution in [0.4, 0.5) is 5.69 Å². The van der Waals surface area contributed by atoms with E-state index in [4.69, 9.17) is 9.15 Å². The molecule has 0 saturated heterocycles. The number of esters is 1. The number of amides is 1. The van der Waals surface area contributed by atoms with Crippen molar-refractivity contribution >= 4 is 28.3 Å². The summed E-state index contributed by atoms with van der Waals surface area (Å²) in [5.74, 6) is -0.991. The highest BCUT2D eigenvalue weighted by atomic mass is 16.5. The maximum Gasteiger partial charge on any atom is 0.341 e. The average Bonchev–Trinajstić information content (AvgIpc) is 3.07. The number of rotatable bonds is 4. The Hall–Kier alpha value is -3.08. The van der Waals surface area contributed by atoms with Crippen LogP contribution in [0.2, 0.25) is 0 Å². The summed E-state index contributed by atoms with van der Waals surface area (Å²) in [5, 5.41) is 4.70. The summed E-state index contributed by atoms with van der Waals surface area (Å²) in [4.78, 5) is 23.5. The summed E-state index contributed by atoms with van der Waals surface area (Å²) >= 11 is 0. The van der Waals surface area contributed by atoms with Gasteiger partial charge in [0.1, 0.15) is 6.26 Å². The van der Waals surface area contributed by atoms with Gasteiger partial charge >= 0.3 is 5.97 Å². The van der Waals surface area contributed by atoms with E-state index in [9.17, 15) is 9.59 Å². The summed E-state index contributed by atoms with van der Waals surface area (Å²) in [6, 6.07) is 14.8. The largest absolute Gasteiger partial charge is 0.472 e. The van der Waals surface area contributed by atoms with E-state index < -0.39 is 11.9 Å². The predicted molar refractivity (Wildman–Crippen MR) is 81.6 cm³/mol. The highest BCUT2D eigenvalue weighted by molar-refractivity contribution is 6.03. The molecule has 0 spiro atoms. The van der Waals surface area contributed by atoms with Gasteiger partial charge in [-0.1, -0.05) is 36.4 Å². The third-order valence-electron chi connectivity index (χ3n) is 3.15. The zero-order chi connectivity index (χ0) is 15.4. The topological polar surface area (TPSA) is 68.5 Å². The van der Waals surface area contributed by atoms with Gasteiger partial charge in [0.25, 0.3) is 5.91 Å². The molecule has 0 aliphatic carbocycles.